The molecule has 1 aromatic carbocycles. The Labute approximate surface area is 201 Å². The standard InChI is InChI=1S/C28H38FN3O2/c1-26(34)13-14-27(2)17(15-26)7-8-18-19-9-10-21(28(19,3)12-11-20(18)27)24(33)16-32-23-6-4-5-22(29)25(23)30-31-32/h4-6,17-21,34H,7-16H2,1-3H3/t17-,18+,19+,20+,21-,26-,27+,28+/m1/s1. The van der Waals surface area contributed by atoms with Crippen LogP contribution in [-0.4, -0.2) is 31.5 Å². The Morgan fingerprint density at radius 1 is 1.06 bits per heavy atom. The van der Waals surface area contributed by atoms with Gasteiger partial charge in [-0.2, -0.15) is 0 Å². The third-order valence-electron chi connectivity index (χ3n) is 11.1. The lowest BCUT2D eigenvalue weighted by atomic mass is 9.44. The van der Waals surface area contributed by atoms with Crippen molar-refractivity contribution in [3.05, 3.63) is 24.0 Å². The van der Waals surface area contributed by atoms with Gasteiger partial charge in [-0.05, 0) is 111 Å². The van der Waals surface area contributed by atoms with Crippen molar-refractivity contribution in [1.29, 1.82) is 0 Å². The maximum Gasteiger partial charge on any atom is 0.157 e. The van der Waals surface area contributed by atoms with Crippen LogP contribution in [0.3, 0.4) is 0 Å². The predicted molar refractivity (Wildman–Crippen MR) is 128 cm³/mol. The van der Waals surface area contributed by atoms with Gasteiger partial charge in [0.05, 0.1) is 11.1 Å². The van der Waals surface area contributed by atoms with E-state index in [1.807, 2.05) is 6.92 Å². The summed E-state index contributed by atoms with van der Waals surface area (Å²) in [4.78, 5) is 13.6. The first-order chi connectivity index (χ1) is 16.1. The molecule has 1 N–H and O–H groups in total. The van der Waals surface area contributed by atoms with Crippen molar-refractivity contribution in [2.24, 2.45) is 40.4 Å². The highest BCUT2D eigenvalue weighted by atomic mass is 19.1. The van der Waals surface area contributed by atoms with E-state index in [4.69, 9.17) is 0 Å². The van der Waals surface area contributed by atoms with Crippen molar-refractivity contribution in [3.63, 3.8) is 0 Å². The number of nitrogens with zero attached hydrogens (tertiary/aromatic N) is 3. The molecular formula is C28H38FN3O2. The number of aliphatic hydroxyl groups is 1. The Hall–Kier alpha value is -1.82. The van der Waals surface area contributed by atoms with Crippen LogP contribution in [0.25, 0.3) is 11.0 Å². The van der Waals surface area contributed by atoms with Crippen LogP contribution < -0.4 is 0 Å². The van der Waals surface area contributed by atoms with Crippen molar-refractivity contribution in [2.75, 3.05) is 0 Å². The van der Waals surface area contributed by atoms with Gasteiger partial charge in [-0.3, -0.25) is 4.79 Å². The van der Waals surface area contributed by atoms with Crippen molar-refractivity contribution < 1.29 is 14.3 Å². The van der Waals surface area contributed by atoms with E-state index in [1.165, 1.54) is 25.3 Å². The molecule has 0 aliphatic heterocycles. The number of fused-ring (bicyclic) bond motifs is 6. The second kappa shape index (κ2) is 7.59. The van der Waals surface area contributed by atoms with Gasteiger partial charge in [-0.25, -0.2) is 9.07 Å². The molecule has 1 aromatic heterocycles. The van der Waals surface area contributed by atoms with Crippen LogP contribution in [0.4, 0.5) is 4.39 Å². The molecule has 0 amide bonds. The quantitative estimate of drug-likeness (QED) is 0.643. The highest BCUT2D eigenvalue weighted by Crippen LogP contribution is 2.68. The molecule has 0 saturated heterocycles. The van der Waals surface area contributed by atoms with Crippen LogP contribution >= 0.6 is 0 Å². The van der Waals surface area contributed by atoms with E-state index >= 15 is 0 Å². The summed E-state index contributed by atoms with van der Waals surface area (Å²) in [6.45, 7) is 7.09. The van der Waals surface area contributed by atoms with Crippen LogP contribution in [0.5, 0.6) is 0 Å². The average Bonchev–Trinajstić information content (AvgIpc) is 3.36. The van der Waals surface area contributed by atoms with E-state index in [0.717, 1.165) is 44.4 Å². The van der Waals surface area contributed by atoms with Gasteiger partial charge >= 0.3 is 0 Å². The molecule has 0 radical (unpaired) electrons. The van der Waals surface area contributed by atoms with Crippen molar-refractivity contribution in [3.8, 4) is 0 Å². The smallest absolute Gasteiger partial charge is 0.157 e. The summed E-state index contributed by atoms with van der Waals surface area (Å²) >= 11 is 0. The lowest BCUT2D eigenvalue weighted by Gasteiger charge is -2.61. The highest BCUT2D eigenvalue weighted by Gasteiger charge is 2.61. The van der Waals surface area contributed by atoms with Crippen LogP contribution in [0.2, 0.25) is 0 Å². The number of Topliss-reactive ketones (excluding diaryl/α,β-unsaturated/α-hetero) is 1. The highest BCUT2D eigenvalue weighted by molar-refractivity contribution is 5.84. The number of carbonyl (C=O) groups is 1. The van der Waals surface area contributed by atoms with E-state index in [-0.39, 0.29) is 29.2 Å². The lowest BCUT2D eigenvalue weighted by Crippen LogP contribution is -2.55. The van der Waals surface area contributed by atoms with E-state index in [2.05, 4.69) is 24.2 Å². The fraction of sp³-hybridized carbons (Fsp3) is 0.750. The van der Waals surface area contributed by atoms with E-state index in [1.54, 1.807) is 16.8 Å². The van der Waals surface area contributed by atoms with Gasteiger partial charge in [0, 0.05) is 5.92 Å². The molecule has 6 rings (SSSR count). The van der Waals surface area contributed by atoms with E-state index in [9.17, 15) is 14.3 Å². The Bertz CT molecular complexity index is 1130. The minimum Gasteiger partial charge on any atom is -0.390 e. The van der Waals surface area contributed by atoms with Crippen molar-refractivity contribution >= 4 is 16.8 Å². The van der Waals surface area contributed by atoms with Crippen LogP contribution in [0.1, 0.15) is 78.6 Å². The largest absolute Gasteiger partial charge is 0.390 e. The van der Waals surface area contributed by atoms with Crippen LogP contribution in [0, 0.1) is 46.2 Å². The number of hydrogen-bond acceptors (Lipinski definition) is 4. The summed E-state index contributed by atoms with van der Waals surface area (Å²) in [5.41, 5.74) is 0.708. The molecule has 0 bridgehead atoms. The van der Waals surface area contributed by atoms with E-state index < -0.39 is 11.4 Å². The topological polar surface area (TPSA) is 68.0 Å². The maximum absolute atomic E-state index is 14.1. The zero-order valence-electron chi connectivity index (χ0n) is 20.8. The normalized spacial score (nSPS) is 43.9. The number of halogens is 1. The van der Waals surface area contributed by atoms with Crippen molar-refractivity contribution in [1.82, 2.24) is 15.0 Å². The summed E-state index contributed by atoms with van der Waals surface area (Å²) < 4.78 is 15.6. The van der Waals surface area contributed by atoms with Gasteiger partial charge in [0.1, 0.15) is 12.1 Å². The molecule has 4 aliphatic rings. The predicted octanol–water partition coefficient (Wildman–Crippen LogP) is 5.55. The Morgan fingerprint density at radius 2 is 1.85 bits per heavy atom. The molecule has 4 fully saturated rings. The van der Waals surface area contributed by atoms with Gasteiger partial charge in [0.15, 0.2) is 11.6 Å². The number of aromatic nitrogens is 3. The van der Waals surface area contributed by atoms with Gasteiger partial charge < -0.3 is 5.11 Å². The SMILES string of the molecule is C[C@@]1(O)CC[C@@]2(C)[C@H](CC[C@@H]3[C@@H]2CC[C@]2(C)[C@@H](C(=O)Cn4nnc5c(F)cccc54)CC[C@@H]32)C1. The second-order valence-electron chi connectivity index (χ2n) is 12.9. The van der Waals surface area contributed by atoms with Gasteiger partial charge in [0.25, 0.3) is 0 Å². The first-order valence-electron chi connectivity index (χ1n) is 13.4. The summed E-state index contributed by atoms with van der Waals surface area (Å²) in [6, 6.07) is 4.82. The number of benzene rings is 1. The zero-order valence-corrected chi connectivity index (χ0v) is 20.8. The minimum atomic E-state index is -0.500. The minimum absolute atomic E-state index is 0.0449. The average molecular weight is 468 g/mol. The fourth-order valence-electron chi connectivity index (χ4n) is 9.29. The molecule has 4 aliphatic carbocycles. The summed E-state index contributed by atoms with van der Waals surface area (Å²) in [5, 5.41) is 18.8. The summed E-state index contributed by atoms with van der Waals surface area (Å²) in [6.07, 6.45) is 9.87. The van der Waals surface area contributed by atoms with Gasteiger partial charge in [-0.1, -0.05) is 25.1 Å². The second-order valence-corrected chi connectivity index (χ2v) is 12.9. The van der Waals surface area contributed by atoms with Gasteiger partial charge in [0.2, 0.25) is 0 Å². The number of rotatable bonds is 3. The zero-order chi connectivity index (χ0) is 23.9. The molecule has 1 heterocycles. The van der Waals surface area contributed by atoms with E-state index in [0.29, 0.717) is 28.7 Å². The number of ketones is 1. The van der Waals surface area contributed by atoms with Crippen LogP contribution in [0.15, 0.2) is 18.2 Å². The molecule has 4 saturated carbocycles. The number of hydrogen-bond donors (Lipinski definition) is 1. The van der Waals surface area contributed by atoms with Crippen molar-refractivity contribution in [2.45, 2.75) is 90.7 Å². The Kier molecular flexibility index (Phi) is 5.05. The molecule has 184 valence electrons. The monoisotopic (exact) mass is 467 g/mol. The summed E-state index contributed by atoms with van der Waals surface area (Å²) in [7, 11) is 0. The third kappa shape index (κ3) is 3.23. The maximum atomic E-state index is 14.1. The summed E-state index contributed by atoms with van der Waals surface area (Å²) in [5.74, 6) is 2.53. The molecule has 5 nitrogen and oxygen atoms in total. The first-order valence-corrected chi connectivity index (χ1v) is 13.4. The first kappa shape index (κ1) is 22.6. The Morgan fingerprint density at radius 3 is 2.68 bits per heavy atom. The fourth-order valence-corrected chi connectivity index (χ4v) is 9.29. The van der Waals surface area contributed by atoms with Crippen LogP contribution in [-0.2, 0) is 11.3 Å². The van der Waals surface area contributed by atoms with Gasteiger partial charge in [-0.15, -0.1) is 5.10 Å². The molecular weight excluding hydrogens is 429 g/mol. The molecule has 2 aromatic rings. The molecule has 0 spiro atoms. The Balaban J connectivity index is 1.22. The molecule has 6 heteroatoms. The molecule has 34 heavy (non-hydrogen) atoms. The lowest BCUT2D eigenvalue weighted by molar-refractivity contribution is -0.151. The molecule has 0 unspecified atom stereocenters. The third-order valence-corrected chi connectivity index (χ3v) is 11.1. The molecule has 8 atom stereocenters. The number of carbonyl (C=O) groups excluding carboxylic acids is 1.